The molecule has 0 heterocycles. The Morgan fingerprint density at radius 1 is 0.857 bits per heavy atom. The van der Waals surface area contributed by atoms with Crippen molar-refractivity contribution in [2.75, 3.05) is 5.32 Å². The molecule has 2 aromatic carbocycles. The number of benzene rings is 2. The van der Waals surface area contributed by atoms with E-state index < -0.39 is 0 Å². The predicted molar refractivity (Wildman–Crippen MR) is 88.0 cm³/mol. The standard InChI is InChI=1S/C19H23NO/c1-15-7-5-6-10-19(15)20-16-11-13-18(14-12-16)21-17-8-3-2-4-9-17/h2-4,8-9,11-15,19-20H,5-7,10H2,1H3. The first-order chi connectivity index (χ1) is 10.3. The van der Waals surface area contributed by atoms with E-state index in [9.17, 15) is 0 Å². The number of hydrogen-bond acceptors (Lipinski definition) is 2. The van der Waals surface area contributed by atoms with Gasteiger partial charge in [-0.15, -0.1) is 0 Å². The summed E-state index contributed by atoms with van der Waals surface area (Å²) in [6.45, 7) is 2.35. The number of hydrogen-bond donors (Lipinski definition) is 1. The number of anilines is 1. The van der Waals surface area contributed by atoms with Gasteiger partial charge in [0, 0.05) is 11.7 Å². The Labute approximate surface area is 127 Å². The quantitative estimate of drug-likeness (QED) is 0.802. The fourth-order valence-electron chi connectivity index (χ4n) is 2.99. The average Bonchev–Trinajstić information content (AvgIpc) is 2.52. The van der Waals surface area contributed by atoms with Crippen LogP contribution in [-0.2, 0) is 0 Å². The summed E-state index contributed by atoms with van der Waals surface area (Å²) in [4.78, 5) is 0. The summed E-state index contributed by atoms with van der Waals surface area (Å²) in [6.07, 6.45) is 5.34. The molecule has 21 heavy (non-hydrogen) atoms. The van der Waals surface area contributed by atoms with Gasteiger partial charge in [-0.05, 0) is 55.2 Å². The van der Waals surface area contributed by atoms with Crippen molar-refractivity contribution in [3.63, 3.8) is 0 Å². The minimum absolute atomic E-state index is 0.611. The van der Waals surface area contributed by atoms with Gasteiger partial charge in [0.2, 0.25) is 0 Å². The van der Waals surface area contributed by atoms with Gasteiger partial charge >= 0.3 is 0 Å². The van der Waals surface area contributed by atoms with E-state index in [-0.39, 0.29) is 0 Å². The predicted octanol–water partition coefficient (Wildman–Crippen LogP) is 5.47. The maximum Gasteiger partial charge on any atom is 0.127 e. The first kappa shape index (κ1) is 14.0. The molecular weight excluding hydrogens is 258 g/mol. The van der Waals surface area contributed by atoms with Crippen LogP contribution in [0.3, 0.4) is 0 Å². The topological polar surface area (TPSA) is 21.3 Å². The molecule has 2 atom stereocenters. The van der Waals surface area contributed by atoms with Crippen molar-refractivity contribution in [2.45, 2.75) is 38.6 Å². The fraction of sp³-hybridized carbons (Fsp3) is 0.368. The molecule has 2 heteroatoms. The van der Waals surface area contributed by atoms with Crippen molar-refractivity contribution in [3.05, 3.63) is 54.6 Å². The maximum absolute atomic E-state index is 5.82. The molecule has 1 N–H and O–H groups in total. The molecule has 0 amide bonds. The number of nitrogens with one attached hydrogen (secondary N) is 1. The van der Waals surface area contributed by atoms with Gasteiger partial charge in [0.15, 0.2) is 0 Å². The monoisotopic (exact) mass is 281 g/mol. The molecule has 0 bridgehead atoms. The smallest absolute Gasteiger partial charge is 0.127 e. The summed E-state index contributed by atoms with van der Waals surface area (Å²) < 4.78 is 5.82. The molecule has 0 aromatic heterocycles. The average molecular weight is 281 g/mol. The van der Waals surface area contributed by atoms with E-state index in [1.807, 2.05) is 42.5 Å². The van der Waals surface area contributed by atoms with Crippen LogP contribution in [0.1, 0.15) is 32.6 Å². The van der Waals surface area contributed by atoms with Gasteiger partial charge in [0.1, 0.15) is 11.5 Å². The lowest BCUT2D eigenvalue weighted by molar-refractivity contribution is 0.349. The minimum Gasteiger partial charge on any atom is -0.457 e. The van der Waals surface area contributed by atoms with E-state index in [0.717, 1.165) is 17.4 Å². The Bertz CT molecular complexity index is 550. The lowest BCUT2D eigenvalue weighted by Crippen LogP contribution is -2.30. The van der Waals surface area contributed by atoms with Crippen LogP contribution in [0.4, 0.5) is 5.69 Å². The fourth-order valence-corrected chi connectivity index (χ4v) is 2.99. The summed E-state index contributed by atoms with van der Waals surface area (Å²) in [5, 5.41) is 3.67. The maximum atomic E-state index is 5.82. The highest BCUT2D eigenvalue weighted by Crippen LogP contribution is 2.28. The van der Waals surface area contributed by atoms with Crippen molar-refractivity contribution in [1.29, 1.82) is 0 Å². The molecule has 1 aliphatic carbocycles. The van der Waals surface area contributed by atoms with E-state index in [1.165, 1.54) is 31.4 Å². The summed E-state index contributed by atoms with van der Waals surface area (Å²) in [5.74, 6) is 2.52. The molecule has 1 aliphatic rings. The normalized spacial score (nSPS) is 21.8. The zero-order chi connectivity index (χ0) is 14.5. The van der Waals surface area contributed by atoms with Gasteiger partial charge in [0.25, 0.3) is 0 Å². The van der Waals surface area contributed by atoms with Crippen molar-refractivity contribution in [3.8, 4) is 11.5 Å². The third-order valence-corrected chi connectivity index (χ3v) is 4.30. The molecule has 1 saturated carbocycles. The van der Waals surface area contributed by atoms with Crippen LogP contribution in [-0.4, -0.2) is 6.04 Å². The second kappa shape index (κ2) is 6.66. The number of rotatable bonds is 4. The Hall–Kier alpha value is -1.96. The van der Waals surface area contributed by atoms with E-state index in [0.29, 0.717) is 6.04 Å². The molecule has 1 fully saturated rings. The molecule has 2 nitrogen and oxygen atoms in total. The zero-order valence-electron chi connectivity index (χ0n) is 12.6. The molecule has 0 spiro atoms. The highest BCUT2D eigenvalue weighted by atomic mass is 16.5. The number of para-hydroxylation sites is 1. The van der Waals surface area contributed by atoms with Crippen LogP contribution in [0.15, 0.2) is 54.6 Å². The summed E-state index contributed by atoms with van der Waals surface area (Å²) in [5.41, 5.74) is 1.19. The Kier molecular flexibility index (Phi) is 4.44. The van der Waals surface area contributed by atoms with Gasteiger partial charge < -0.3 is 10.1 Å². The highest BCUT2D eigenvalue weighted by molar-refractivity contribution is 5.48. The summed E-state index contributed by atoms with van der Waals surface area (Å²) in [7, 11) is 0. The van der Waals surface area contributed by atoms with Crippen molar-refractivity contribution < 1.29 is 4.74 Å². The number of ether oxygens (including phenoxy) is 1. The lowest BCUT2D eigenvalue weighted by Gasteiger charge is -2.30. The Morgan fingerprint density at radius 3 is 2.24 bits per heavy atom. The molecule has 2 aromatic rings. The van der Waals surface area contributed by atoms with Gasteiger partial charge in [-0.1, -0.05) is 38.0 Å². The first-order valence-corrected chi connectivity index (χ1v) is 7.91. The molecule has 0 aliphatic heterocycles. The van der Waals surface area contributed by atoms with E-state index in [1.54, 1.807) is 0 Å². The molecule has 110 valence electrons. The molecule has 0 radical (unpaired) electrons. The molecule has 2 unspecified atom stereocenters. The molecule has 3 rings (SSSR count). The van der Waals surface area contributed by atoms with E-state index >= 15 is 0 Å². The van der Waals surface area contributed by atoms with Crippen LogP contribution < -0.4 is 10.1 Å². The van der Waals surface area contributed by atoms with Gasteiger partial charge in [-0.2, -0.15) is 0 Å². The van der Waals surface area contributed by atoms with E-state index in [2.05, 4.69) is 24.4 Å². The van der Waals surface area contributed by atoms with Crippen LogP contribution in [0.5, 0.6) is 11.5 Å². The Balaban J connectivity index is 1.61. The molecular formula is C19H23NO. The Morgan fingerprint density at radius 2 is 1.52 bits per heavy atom. The summed E-state index contributed by atoms with van der Waals surface area (Å²) in [6, 6.07) is 18.8. The van der Waals surface area contributed by atoms with Crippen molar-refractivity contribution in [1.82, 2.24) is 0 Å². The van der Waals surface area contributed by atoms with Crippen LogP contribution in [0.25, 0.3) is 0 Å². The van der Waals surface area contributed by atoms with Gasteiger partial charge in [-0.3, -0.25) is 0 Å². The van der Waals surface area contributed by atoms with Crippen LogP contribution in [0, 0.1) is 5.92 Å². The second-order valence-corrected chi connectivity index (χ2v) is 5.95. The third kappa shape index (κ3) is 3.78. The highest BCUT2D eigenvalue weighted by Gasteiger charge is 2.20. The minimum atomic E-state index is 0.611. The van der Waals surface area contributed by atoms with Crippen LogP contribution >= 0.6 is 0 Å². The third-order valence-electron chi connectivity index (χ3n) is 4.30. The largest absolute Gasteiger partial charge is 0.457 e. The zero-order valence-corrected chi connectivity index (χ0v) is 12.6. The summed E-state index contributed by atoms with van der Waals surface area (Å²) >= 11 is 0. The first-order valence-electron chi connectivity index (χ1n) is 7.91. The van der Waals surface area contributed by atoms with Crippen LogP contribution in [0.2, 0.25) is 0 Å². The SMILES string of the molecule is CC1CCCCC1Nc1ccc(Oc2ccccc2)cc1. The van der Waals surface area contributed by atoms with Gasteiger partial charge in [0.05, 0.1) is 0 Å². The van der Waals surface area contributed by atoms with E-state index in [4.69, 9.17) is 4.74 Å². The van der Waals surface area contributed by atoms with Crippen molar-refractivity contribution in [2.24, 2.45) is 5.92 Å². The molecule has 0 saturated heterocycles. The second-order valence-electron chi connectivity index (χ2n) is 5.95. The lowest BCUT2D eigenvalue weighted by atomic mass is 9.86. The van der Waals surface area contributed by atoms with Gasteiger partial charge in [-0.25, -0.2) is 0 Å². The van der Waals surface area contributed by atoms with Crippen molar-refractivity contribution >= 4 is 5.69 Å².